The second kappa shape index (κ2) is 11.3. The van der Waals surface area contributed by atoms with Gasteiger partial charge in [0.2, 0.25) is 10.0 Å². The summed E-state index contributed by atoms with van der Waals surface area (Å²) in [4.78, 5) is 0.212. The van der Waals surface area contributed by atoms with Crippen LogP contribution in [0.5, 0.6) is 5.75 Å². The second-order valence-corrected chi connectivity index (χ2v) is 10.0. The van der Waals surface area contributed by atoms with E-state index in [1.807, 2.05) is 91.9 Å². The van der Waals surface area contributed by atoms with Gasteiger partial charge < -0.3 is 9.47 Å². The zero-order valence-corrected chi connectivity index (χ0v) is 20.6. The summed E-state index contributed by atoms with van der Waals surface area (Å²) in [5.74, 6) is 0.582. The van der Waals surface area contributed by atoms with Crippen LogP contribution in [0.25, 0.3) is 0 Å². The highest BCUT2D eigenvalue weighted by molar-refractivity contribution is 7.89. The first-order valence-corrected chi connectivity index (χ1v) is 12.9. The highest BCUT2D eigenvalue weighted by atomic mass is 32.2. The SMILES string of the molecule is COC[C@@H](Oc1ccccc1[C@@H](NS(=O)(=O)c1ccc(C)cc1)c1ccccc1)c1ccccc1. The van der Waals surface area contributed by atoms with Crippen LogP contribution in [0.15, 0.2) is 114 Å². The van der Waals surface area contributed by atoms with Crippen molar-refractivity contribution in [3.8, 4) is 5.75 Å². The summed E-state index contributed by atoms with van der Waals surface area (Å²) < 4.78 is 41.6. The van der Waals surface area contributed by atoms with Gasteiger partial charge in [-0.25, -0.2) is 8.42 Å². The third-order valence-corrected chi connectivity index (χ3v) is 7.16. The minimum absolute atomic E-state index is 0.212. The van der Waals surface area contributed by atoms with Crippen LogP contribution in [-0.4, -0.2) is 22.1 Å². The van der Waals surface area contributed by atoms with Crippen LogP contribution in [0.3, 0.4) is 0 Å². The molecule has 2 atom stereocenters. The van der Waals surface area contributed by atoms with Crippen LogP contribution < -0.4 is 9.46 Å². The molecule has 0 saturated heterocycles. The van der Waals surface area contributed by atoms with Crippen molar-refractivity contribution in [2.24, 2.45) is 0 Å². The molecule has 0 fully saturated rings. The van der Waals surface area contributed by atoms with Crippen LogP contribution in [0.2, 0.25) is 0 Å². The summed E-state index contributed by atoms with van der Waals surface area (Å²) in [6.45, 7) is 2.27. The molecule has 6 heteroatoms. The maximum Gasteiger partial charge on any atom is 0.241 e. The van der Waals surface area contributed by atoms with Gasteiger partial charge in [-0.1, -0.05) is 96.6 Å². The molecule has 0 spiro atoms. The number of benzene rings is 4. The number of sulfonamides is 1. The van der Waals surface area contributed by atoms with E-state index in [0.717, 1.165) is 16.7 Å². The van der Waals surface area contributed by atoms with E-state index in [1.54, 1.807) is 31.4 Å². The number of ether oxygens (including phenoxy) is 2. The molecule has 0 heterocycles. The van der Waals surface area contributed by atoms with Gasteiger partial charge in [0.05, 0.1) is 17.5 Å². The Morgan fingerprint density at radius 3 is 1.94 bits per heavy atom. The minimum Gasteiger partial charge on any atom is -0.483 e. The van der Waals surface area contributed by atoms with Gasteiger partial charge in [-0.05, 0) is 36.2 Å². The standard InChI is InChI=1S/C29H29NO4S/c1-22-17-19-25(20-18-22)35(31,32)30-29(24-13-7-4-8-14-24)26-15-9-10-16-27(26)34-28(21-33-2)23-11-5-3-6-12-23/h3-20,28-30H,21H2,1-2H3/t28-,29+/m1/s1. The maximum atomic E-state index is 13.4. The lowest BCUT2D eigenvalue weighted by atomic mass is 9.98. The van der Waals surface area contributed by atoms with E-state index in [0.29, 0.717) is 17.9 Å². The van der Waals surface area contributed by atoms with Gasteiger partial charge in [0.15, 0.2) is 0 Å². The monoisotopic (exact) mass is 487 g/mol. The molecule has 4 aromatic carbocycles. The third kappa shape index (κ3) is 6.17. The van der Waals surface area contributed by atoms with E-state index in [9.17, 15) is 8.42 Å². The molecule has 0 aliphatic rings. The molecule has 0 amide bonds. The van der Waals surface area contributed by atoms with Gasteiger partial charge in [-0.15, -0.1) is 0 Å². The molecule has 0 aliphatic heterocycles. The zero-order valence-electron chi connectivity index (χ0n) is 19.8. The Balaban J connectivity index is 1.74. The van der Waals surface area contributed by atoms with Crippen LogP contribution in [0.4, 0.5) is 0 Å². The number of hydrogen-bond acceptors (Lipinski definition) is 4. The quantitative estimate of drug-likeness (QED) is 0.306. The van der Waals surface area contributed by atoms with Crippen molar-refractivity contribution in [3.63, 3.8) is 0 Å². The smallest absolute Gasteiger partial charge is 0.241 e. The van der Waals surface area contributed by atoms with E-state index in [2.05, 4.69) is 4.72 Å². The predicted molar refractivity (Wildman–Crippen MR) is 138 cm³/mol. The molecule has 1 N–H and O–H groups in total. The van der Waals surface area contributed by atoms with Crippen molar-refractivity contribution in [2.75, 3.05) is 13.7 Å². The van der Waals surface area contributed by atoms with Gasteiger partial charge in [0.1, 0.15) is 11.9 Å². The van der Waals surface area contributed by atoms with E-state index >= 15 is 0 Å². The van der Waals surface area contributed by atoms with Crippen molar-refractivity contribution >= 4 is 10.0 Å². The zero-order chi connectivity index (χ0) is 24.7. The fourth-order valence-corrected chi connectivity index (χ4v) is 5.10. The molecule has 0 saturated carbocycles. The van der Waals surface area contributed by atoms with Crippen LogP contribution >= 0.6 is 0 Å². The lowest BCUT2D eigenvalue weighted by Crippen LogP contribution is -2.30. The Labute approximate surface area is 207 Å². The van der Waals surface area contributed by atoms with E-state index in [1.165, 1.54) is 0 Å². The van der Waals surface area contributed by atoms with Gasteiger partial charge in [-0.2, -0.15) is 4.72 Å². The number of rotatable bonds is 10. The van der Waals surface area contributed by atoms with Gasteiger partial charge in [0, 0.05) is 12.7 Å². The lowest BCUT2D eigenvalue weighted by molar-refractivity contribution is 0.0801. The Hall–Kier alpha value is -3.45. The summed E-state index contributed by atoms with van der Waals surface area (Å²) in [5, 5.41) is 0. The molecule has 180 valence electrons. The highest BCUT2D eigenvalue weighted by Crippen LogP contribution is 2.34. The first-order chi connectivity index (χ1) is 17.0. The summed E-state index contributed by atoms with van der Waals surface area (Å²) in [6, 6.07) is 33.0. The summed E-state index contributed by atoms with van der Waals surface area (Å²) in [6.07, 6.45) is -0.354. The van der Waals surface area contributed by atoms with Crippen molar-refractivity contribution in [1.82, 2.24) is 4.72 Å². The Kier molecular flexibility index (Phi) is 7.98. The summed E-state index contributed by atoms with van der Waals surface area (Å²) in [5.41, 5.74) is 3.49. The molecule has 0 aromatic heterocycles. The maximum absolute atomic E-state index is 13.4. The van der Waals surface area contributed by atoms with Crippen molar-refractivity contribution in [2.45, 2.75) is 24.0 Å². The van der Waals surface area contributed by atoms with Gasteiger partial charge >= 0.3 is 0 Å². The molecule has 5 nitrogen and oxygen atoms in total. The Bertz CT molecular complexity index is 1320. The van der Waals surface area contributed by atoms with Crippen LogP contribution in [0.1, 0.15) is 34.4 Å². The lowest BCUT2D eigenvalue weighted by Gasteiger charge is -2.25. The van der Waals surface area contributed by atoms with Crippen molar-refractivity contribution in [3.05, 3.63) is 131 Å². The minimum atomic E-state index is -3.81. The fourth-order valence-electron chi connectivity index (χ4n) is 3.89. The average molecular weight is 488 g/mol. The van der Waals surface area contributed by atoms with Gasteiger partial charge in [-0.3, -0.25) is 0 Å². The number of hydrogen-bond donors (Lipinski definition) is 1. The Morgan fingerprint density at radius 2 is 1.31 bits per heavy atom. The molecule has 0 aliphatic carbocycles. The fraction of sp³-hybridized carbons (Fsp3) is 0.172. The van der Waals surface area contributed by atoms with E-state index < -0.39 is 16.1 Å². The number of methoxy groups -OCH3 is 1. The molecule has 4 aromatic rings. The summed E-state index contributed by atoms with van der Waals surface area (Å²) in [7, 11) is -2.18. The number of aryl methyl sites for hydroxylation is 1. The number of nitrogens with one attached hydrogen (secondary N) is 1. The molecule has 35 heavy (non-hydrogen) atoms. The largest absolute Gasteiger partial charge is 0.483 e. The van der Waals surface area contributed by atoms with Crippen LogP contribution in [0, 0.1) is 6.92 Å². The molecule has 4 rings (SSSR count). The normalized spacial score (nSPS) is 13.2. The molecular formula is C29H29NO4S. The molecule has 0 unspecified atom stereocenters. The van der Waals surface area contributed by atoms with Crippen molar-refractivity contribution in [1.29, 1.82) is 0 Å². The molecule has 0 bridgehead atoms. The van der Waals surface area contributed by atoms with E-state index in [-0.39, 0.29) is 11.0 Å². The molecular weight excluding hydrogens is 458 g/mol. The average Bonchev–Trinajstić information content (AvgIpc) is 2.89. The second-order valence-electron chi connectivity index (χ2n) is 8.29. The van der Waals surface area contributed by atoms with Gasteiger partial charge in [0.25, 0.3) is 0 Å². The van der Waals surface area contributed by atoms with Crippen LogP contribution in [-0.2, 0) is 14.8 Å². The first kappa shape index (κ1) is 24.7. The predicted octanol–water partition coefficient (Wildman–Crippen LogP) is 5.83. The Morgan fingerprint density at radius 1 is 0.743 bits per heavy atom. The van der Waals surface area contributed by atoms with E-state index in [4.69, 9.17) is 9.47 Å². The topological polar surface area (TPSA) is 64.6 Å². The number of para-hydroxylation sites is 1. The highest BCUT2D eigenvalue weighted by Gasteiger charge is 2.26. The molecule has 0 radical (unpaired) electrons. The first-order valence-electron chi connectivity index (χ1n) is 11.4. The third-order valence-electron chi connectivity index (χ3n) is 5.73. The van der Waals surface area contributed by atoms with Crippen molar-refractivity contribution < 1.29 is 17.9 Å². The summed E-state index contributed by atoms with van der Waals surface area (Å²) >= 11 is 0.